The lowest BCUT2D eigenvalue weighted by molar-refractivity contribution is 0.436. The molecule has 0 aromatic carbocycles. The zero-order chi connectivity index (χ0) is 12.1. The quantitative estimate of drug-likeness (QED) is 0.926. The normalized spacial score (nSPS) is 20.6. The van der Waals surface area contributed by atoms with Crippen molar-refractivity contribution in [1.82, 2.24) is 10.3 Å². The molecule has 1 N–H and O–H groups in total. The molecule has 1 fully saturated rings. The van der Waals surface area contributed by atoms with Crippen LogP contribution in [0.4, 0.5) is 5.82 Å². The van der Waals surface area contributed by atoms with Crippen LogP contribution in [0.5, 0.6) is 0 Å². The average molecular weight is 298 g/mol. The monoisotopic (exact) mass is 297 g/mol. The molecule has 2 heterocycles. The molecule has 0 aliphatic carbocycles. The van der Waals surface area contributed by atoms with Crippen LogP contribution < -0.4 is 10.2 Å². The van der Waals surface area contributed by atoms with Gasteiger partial charge in [0.2, 0.25) is 0 Å². The molecule has 1 aliphatic heterocycles. The SMILES string of the molecule is CCNCC1CCCCN1c1ccc(Br)cn1. The molecule has 2 rings (SSSR count). The first-order valence-corrected chi connectivity index (χ1v) is 7.19. The topological polar surface area (TPSA) is 28.2 Å². The number of aromatic nitrogens is 1. The van der Waals surface area contributed by atoms with E-state index in [9.17, 15) is 0 Å². The lowest BCUT2D eigenvalue weighted by Crippen LogP contribution is -2.46. The summed E-state index contributed by atoms with van der Waals surface area (Å²) in [5.41, 5.74) is 0. The standard InChI is InChI=1S/C13H20BrN3/c1-2-15-10-12-5-3-4-8-17(12)13-7-6-11(14)9-16-13/h6-7,9,12,15H,2-5,8,10H2,1H3. The molecule has 1 aromatic heterocycles. The van der Waals surface area contributed by atoms with Crippen LogP contribution in [0.25, 0.3) is 0 Å². The van der Waals surface area contributed by atoms with Crippen molar-refractivity contribution >= 4 is 21.7 Å². The van der Waals surface area contributed by atoms with E-state index in [1.165, 1.54) is 19.3 Å². The highest BCUT2D eigenvalue weighted by atomic mass is 79.9. The van der Waals surface area contributed by atoms with Gasteiger partial charge >= 0.3 is 0 Å². The first-order valence-electron chi connectivity index (χ1n) is 6.40. The fourth-order valence-electron chi connectivity index (χ4n) is 2.36. The first kappa shape index (κ1) is 12.8. The van der Waals surface area contributed by atoms with E-state index in [4.69, 9.17) is 0 Å². The third-order valence-corrected chi connectivity index (χ3v) is 3.73. The molecular formula is C13H20BrN3. The summed E-state index contributed by atoms with van der Waals surface area (Å²) in [7, 11) is 0. The fraction of sp³-hybridized carbons (Fsp3) is 0.615. The van der Waals surface area contributed by atoms with Gasteiger partial charge in [-0.3, -0.25) is 0 Å². The molecule has 0 saturated carbocycles. The molecule has 0 amide bonds. The van der Waals surface area contributed by atoms with E-state index >= 15 is 0 Å². The van der Waals surface area contributed by atoms with E-state index < -0.39 is 0 Å². The highest BCUT2D eigenvalue weighted by Gasteiger charge is 2.22. The Morgan fingerprint density at radius 1 is 1.47 bits per heavy atom. The number of pyridine rings is 1. The summed E-state index contributed by atoms with van der Waals surface area (Å²) in [5, 5.41) is 3.45. The predicted molar refractivity (Wildman–Crippen MR) is 75.5 cm³/mol. The summed E-state index contributed by atoms with van der Waals surface area (Å²) in [6.07, 6.45) is 5.77. The summed E-state index contributed by atoms with van der Waals surface area (Å²) in [6, 6.07) is 4.77. The Kier molecular flexibility index (Phi) is 4.80. The largest absolute Gasteiger partial charge is 0.352 e. The second-order valence-electron chi connectivity index (χ2n) is 4.49. The highest BCUT2D eigenvalue weighted by Crippen LogP contribution is 2.23. The minimum Gasteiger partial charge on any atom is -0.352 e. The van der Waals surface area contributed by atoms with Gasteiger partial charge in [0, 0.05) is 29.8 Å². The van der Waals surface area contributed by atoms with Gasteiger partial charge in [-0.2, -0.15) is 0 Å². The van der Waals surface area contributed by atoms with Crippen molar-refractivity contribution in [3.63, 3.8) is 0 Å². The average Bonchev–Trinajstić information content (AvgIpc) is 2.38. The van der Waals surface area contributed by atoms with Crippen molar-refractivity contribution in [3.05, 3.63) is 22.8 Å². The molecule has 1 aliphatic rings. The lowest BCUT2D eigenvalue weighted by atomic mass is 10.0. The molecule has 0 bridgehead atoms. The molecule has 4 heteroatoms. The van der Waals surface area contributed by atoms with Gasteiger partial charge in [0.1, 0.15) is 5.82 Å². The second-order valence-corrected chi connectivity index (χ2v) is 5.40. The molecule has 3 nitrogen and oxygen atoms in total. The number of nitrogens with zero attached hydrogens (tertiary/aromatic N) is 2. The third kappa shape index (κ3) is 3.42. The van der Waals surface area contributed by atoms with Gasteiger partial charge in [0.05, 0.1) is 0 Å². The Morgan fingerprint density at radius 3 is 3.06 bits per heavy atom. The zero-order valence-electron chi connectivity index (χ0n) is 10.3. The van der Waals surface area contributed by atoms with Crippen molar-refractivity contribution in [2.24, 2.45) is 0 Å². The number of rotatable bonds is 4. The van der Waals surface area contributed by atoms with Crippen molar-refractivity contribution in [2.45, 2.75) is 32.2 Å². The van der Waals surface area contributed by atoms with E-state index in [1.54, 1.807) is 0 Å². The highest BCUT2D eigenvalue weighted by molar-refractivity contribution is 9.10. The maximum absolute atomic E-state index is 4.51. The maximum Gasteiger partial charge on any atom is 0.128 e. The smallest absolute Gasteiger partial charge is 0.128 e. The van der Waals surface area contributed by atoms with Gasteiger partial charge in [0.15, 0.2) is 0 Å². The third-order valence-electron chi connectivity index (χ3n) is 3.26. The number of likely N-dealkylation sites (N-methyl/N-ethyl adjacent to an activating group) is 1. The second kappa shape index (κ2) is 6.36. The van der Waals surface area contributed by atoms with Gasteiger partial charge in [-0.1, -0.05) is 6.92 Å². The molecule has 1 atom stereocenters. The van der Waals surface area contributed by atoms with Gasteiger partial charge in [-0.05, 0) is 53.9 Å². The summed E-state index contributed by atoms with van der Waals surface area (Å²) in [4.78, 5) is 6.95. The Hall–Kier alpha value is -0.610. The molecule has 1 saturated heterocycles. The molecule has 17 heavy (non-hydrogen) atoms. The number of anilines is 1. The maximum atomic E-state index is 4.51. The fourth-order valence-corrected chi connectivity index (χ4v) is 2.60. The molecule has 1 unspecified atom stereocenters. The van der Waals surface area contributed by atoms with Crippen molar-refractivity contribution in [2.75, 3.05) is 24.5 Å². The van der Waals surface area contributed by atoms with Crippen molar-refractivity contribution < 1.29 is 0 Å². The van der Waals surface area contributed by atoms with Crippen LogP contribution in [-0.4, -0.2) is 30.7 Å². The number of piperidine rings is 1. The zero-order valence-corrected chi connectivity index (χ0v) is 11.9. The molecule has 94 valence electrons. The Bertz CT molecular complexity index is 339. The first-order chi connectivity index (χ1) is 8.31. The molecular weight excluding hydrogens is 278 g/mol. The van der Waals surface area contributed by atoms with E-state index in [0.29, 0.717) is 6.04 Å². The van der Waals surface area contributed by atoms with E-state index in [2.05, 4.69) is 50.2 Å². The van der Waals surface area contributed by atoms with Crippen LogP contribution in [0.3, 0.4) is 0 Å². The summed E-state index contributed by atoms with van der Waals surface area (Å²) in [5.74, 6) is 1.11. The Balaban J connectivity index is 2.07. The number of hydrogen-bond acceptors (Lipinski definition) is 3. The van der Waals surface area contributed by atoms with Crippen molar-refractivity contribution in [1.29, 1.82) is 0 Å². The summed E-state index contributed by atoms with van der Waals surface area (Å²) in [6.45, 7) is 5.39. The molecule has 1 aromatic rings. The number of hydrogen-bond donors (Lipinski definition) is 1. The van der Waals surface area contributed by atoms with E-state index in [0.717, 1.165) is 29.9 Å². The minimum absolute atomic E-state index is 0.595. The van der Waals surface area contributed by atoms with Gasteiger partial charge in [-0.15, -0.1) is 0 Å². The molecule has 0 radical (unpaired) electrons. The van der Waals surface area contributed by atoms with Crippen molar-refractivity contribution in [3.8, 4) is 0 Å². The minimum atomic E-state index is 0.595. The number of nitrogens with one attached hydrogen (secondary N) is 1. The van der Waals surface area contributed by atoms with Gasteiger partial charge < -0.3 is 10.2 Å². The Morgan fingerprint density at radius 2 is 2.35 bits per heavy atom. The lowest BCUT2D eigenvalue weighted by Gasteiger charge is -2.36. The van der Waals surface area contributed by atoms with E-state index in [1.807, 2.05) is 6.20 Å². The summed E-state index contributed by atoms with van der Waals surface area (Å²) < 4.78 is 1.04. The molecule has 0 spiro atoms. The van der Waals surface area contributed by atoms with Crippen LogP contribution in [0.2, 0.25) is 0 Å². The predicted octanol–water partition coefficient (Wildman–Crippen LogP) is 2.81. The van der Waals surface area contributed by atoms with Crippen LogP contribution in [0.1, 0.15) is 26.2 Å². The summed E-state index contributed by atoms with van der Waals surface area (Å²) >= 11 is 3.43. The van der Waals surface area contributed by atoms with Crippen LogP contribution in [0.15, 0.2) is 22.8 Å². The number of halogens is 1. The van der Waals surface area contributed by atoms with Gasteiger partial charge in [-0.25, -0.2) is 4.98 Å². The Labute approximate surface area is 112 Å². The van der Waals surface area contributed by atoms with E-state index in [-0.39, 0.29) is 0 Å². The van der Waals surface area contributed by atoms with Crippen LogP contribution >= 0.6 is 15.9 Å². The van der Waals surface area contributed by atoms with Gasteiger partial charge in [0.25, 0.3) is 0 Å². The van der Waals surface area contributed by atoms with Crippen LogP contribution in [-0.2, 0) is 0 Å². The van der Waals surface area contributed by atoms with Crippen LogP contribution in [0, 0.1) is 0 Å².